The van der Waals surface area contributed by atoms with Crippen molar-refractivity contribution in [2.75, 3.05) is 6.54 Å². The molecule has 20 heavy (non-hydrogen) atoms. The second-order valence-corrected chi connectivity index (χ2v) is 5.44. The molecule has 0 aromatic carbocycles. The van der Waals surface area contributed by atoms with Crippen LogP contribution in [0.25, 0.3) is 0 Å². The van der Waals surface area contributed by atoms with E-state index in [1.54, 1.807) is 6.07 Å². The zero-order valence-electron chi connectivity index (χ0n) is 11.3. The highest BCUT2D eigenvalue weighted by molar-refractivity contribution is 6.30. The Labute approximate surface area is 122 Å². The predicted molar refractivity (Wildman–Crippen MR) is 74.8 cm³/mol. The molecule has 108 valence electrons. The van der Waals surface area contributed by atoms with Crippen molar-refractivity contribution in [3.05, 3.63) is 29.0 Å². The molecule has 1 atom stereocenters. The van der Waals surface area contributed by atoms with Crippen molar-refractivity contribution < 1.29 is 14.7 Å². The second kappa shape index (κ2) is 5.79. The van der Waals surface area contributed by atoms with E-state index < -0.39 is 11.5 Å². The summed E-state index contributed by atoms with van der Waals surface area (Å²) >= 11 is 5.86. The van der Waals surface area contributed by atoms with Crippen LogP contribution in [0.1, 0.15) is 43.1 Å². The van der Waals surface area contributed by atoms with E-state index in [4.69, 9.17) is 11.6 Å². The number of aromatic nitrogens is 1. The van der Waals surface area contributed by atoms with Gasteiger partial charge in [-0.05, 0) is 31.4 Å². The Morgan fingerprint density at radius 1 is 1.55 bits per heavy atom. The second-order valence-electron chi connectivity index (χ2n) is 5.01. The number of carbonyl (C=O) groups excluding carboxylic acids is 1. The van der Waals surface area contributed by atoms with Crippen molar-refractivity contribution >= 4 is 23.5 Å². The third-order valence-electron chi connectivity index (χ3n) is 3.74. The van der Waals surface area contributed by atoms with Gasteiger partial charge in [0.2, 0.25) is 0 Å². The number of aliphatic carboxylic acids is 1. The first-order valence-electron chi connectivity index (χ1n) is 6.68. The average Bonchev–Trinajstić information content (AvgIpc) is 2.83. The summed E-state index contributed by atoms with van der Waals surface area (Å²) in [6.45, 7) is 2.36. The zero-order chi connectivity index (χ0) is 14.8. The number of likely N-dealkylation sites (tertiary alicyclic amines) is 1. The van der Waals surface area contributed by atoms with Crippen LogP contribution in [0.4, 0.5) is 0 Å². The quantitative estimate of drug-likeness (QED) is 0.927. The molecule has 1 aromatic heterocycles. The van der Waals surface area contributed by atoms with E-state index in [1.165, 1.54) is 17.2 Å². The Balaban J connectivity index is 2.34. The molecule has 2 rings (SSSR count). The fraction of sp³-hybridized carbons (Fsp3) is 0.500. The number of pyridine rings is 1. The number of carboxylic acids is 1. The molecule has 0 aliphatic carbocycles. The van der Waals surface area contributed by atoms with Gasteiger partial charge in [-0.3, -0.25) is 9.78 Å². The smallest absolute Gasteiger partial charge is 0.329 e. The maximum Gasteiger partial charge on any atom is 0.329 e. The van der Waals surface area contributed by atoms with E-state index in [-0.39, 0.29) is 11.6 Å². The van der Waals surface area contributed by atoms with Gasteiger partial charge in [0.1, 0.15) is 11.2 Å². The normalized spacial score (nSPS) is 22.0. The number of halogens is 1. The summed E-state index contributed by atoms with van der Waals surface area (Å²) in [7, 11) is 0. The lowest BCUT2D eigenvalue weighted by molar-refractivity contribution is -0.148. The van der Waals surface area contributed by atoms with Crippen LogP contribution in [0, 0.1) is 0 Å². The molecule has 0 saturated carbocycles. The maximum atomic E-state index is 12.5. The Bertz CT molecular complexity index is 535. The summed E-state index contributed by atoms with van der Waals surface area (Å²) in [5.74, 6) is -1.30. The Kier molecular flexibility index (Phi) is 4.28. The van der Waals surface area contributed by atoms with Gasteiger partial charge in [0.25, 0.3) is 5.91 Å². The molecule has 1 amide bonds. The Hall–Kier alpha value is -1.62. The minimum atomic E-state index is -1.10. The summed E-state index contributed by atoms with van der Waals surface area (Å²) < 4.78 is 0. The molecule has 0 bridgehead atoms. The van der Waals surface area contributed by atoms with Crippen LogP contribution in [0.5, 0.6) is 0 Å². The highest BCUT2D eigenvalue weighted by atomic mass is 35.5. The number of carbonyl (C=O) groups is 2. The van der Waals surface area contributed by atoms with E-state index in [0.717, 1.165) is 0 Å². The predicted octanol–water partition coefficient (Wildman–Crippen LogP) is 2.59. The van der Waals surface area contributed by atoms with Crippen LogP contribution in [-0.4, -0.2) is 39.0 Å². The lowest BCUT2D eigenvalue weighted by Crippen LogP contribution is -2.53. The molecule has 5 nitrogen and oxygen atoms in total. The first-order chi connectivity index (χ1) is 9.51. The van der Waals surface area contributed by atoms with Crippen LogP contribution in [-0.2, 0) is 4.79 Å². The van der Waals surface area contributed by atoms with Gasteiger partial charge in [-0.15, -0.1) is 0 Å². The fourth-order valence-corrected chi connectivity index (χ4v) is 3.00. The van der Waals surface area contributed by atoms with Crippen molar-refractivity contribution in [3.8, 4) is 0 Å². The molecule has 6 heteroatoms. The van der Waals surface area contributed by atoms with Gasteiger partial charge >= 0.3 is 5.97 Å². The van der Waals surface area contributed by atoms with Gasteiger partial charge in [-0.1, -0.05) is 24.9 Å². The SMILES string of the molecule is CCCC1(C(=O)O)CCCN1C(=O)c1cc(Cl)ccn1. The third kappa shape index (κ3) is 2.50. The monoisotopic (exact) mass is 296 g/mol. The molecular weight excluding hydrogens is 280 g/mol. The Morgan fingerprint density at radius 3 is 2.90 bits per heavy atom. The molecular formula is C14H17ClN2O3. The van der Waals surface area contributed by atoms with E-state index in [9.17, 15) is 14.7 Å². The van der Waals surface area contributed by atoms with Gasteiger partial charge in [0.15, 0.2) is 0 Å². The van der Waals surface area contributed by atoms with Gasteiger partial charge in [-0.2, -0.15) is 0 Å². The summed E-state index contributed by atoms with van der Waals surface area (Å²) in [5, 5.41) is 9.99. The van der Waals surface area contributed by atoms with Crippen LogP contribution in [0.15, 0.2) is 18.3 Å². The first kappa shape index (κ1) is 14.8. The lowest BCUT2D eigenvalue weighted by Gasteiger charge is -2.34. The molecule has 1 N–H and O–H groups in total. The number of nitrogens with zero attached hydrogens (tertiary/aromatic N) is 2. The van der Waals surface area contributed by atoms with E-state index in [0.29, 0.717) is 37.3 Å². The fourth-order valence-electron chi connectivity index (χ4n) is 2.84. The first-order valence-corrected chi connectivity index (χ1v) is 7.06. The highest BCUT2D eigenvalue weighted by Crippen LogP contribution is 2.35. The average molecular weight is 297 g/mol. The van der Waals surface area contributed by atoms with Crippen LogP contribution >= 0.6 is 11.6 Å². The molecule has 0 radical (unpaired) electrons. The molecule has 0 spiro atoms. The van der Waals surface area contributed by atoms with Crippen molar-refractivity contribution in [2.24, 2.45) is 0 Å². The number of hydrogen-bond donors (Lipinski definition) is 1. The van der Waals surface area contributed by atoms with Gasteiger partial charge in [0, 0.05) is 17.8 Å². The minimum absolute atomic E-state index is 0.195. The van der Waals surface area contributed by atoms with E-state index in [2.05, 4.69) is 4.98 Å². The number of rotatable bonds is 4. The maximum absolute atomic E-state index is 12.5. The van der Waals surface area contributed by atoms with Crippen molar-refractivity contribution in [2.45, 2.75) is 38.1 Å². The van der Waals surface area contributed by atoms with Crippen molar-refractivity contribution in [1.29, 1.82) is 0 Å². The molecule has 1 aliphatic heterocycles. The number of carboxylic acid groups (broad SMARTS) is 1. The molecule has 1 saturated heterocycles. The molecule has 1 fully saturated rings. The van der Waals surface area contributed by atoms with Gasteiger partial charge in [0.05, 0.1) is 0 Å². The summed E-state index contributed by atoms with van der Waals surface area (Å²) in [6, 6.07) is 3.06. The lowest BCUT2D eigenvalue weighted by atomic mass is 9.90. The van der Waals surface area contributed by atoms with Gasteiger partial charge < -0.3 is 10.0 Å². The molecule has 1 aliphatic rings. The number of amides is 1. The summed E-state index contributed by atoms with van der Waals surface area (Å²) in [5.41, 5.74) is -0.906. The van der Waals surface area contributed by atoms with E-state index >= 15 is 0 Å². The van der Waals surface area contributed by atoms with Crippen molar-refractivity contribution in [3.63, 3.8) is 0 Å². The van der Waals surface area contributed by atoms with Gasteiger partial charge in [-0.25, -0.2) is 4.79 Å². The molecule has 1 aromatic rings. The third-order valence-corrected chi connectivity index (χ3v) is 3.97. The molecule has 2 heterocycles. The summed E-state index contributed by atoms with van der Waals surface area (Å²) in [4.78, 5) is 29.7. The van der Waals surface area contributed by atoms with E-state index in [1.807, 2.05) is 6.92 Å². The van der Waals surface area contributed by atoms with Crippen molar-refractivity contribution in [1.82, 2.24) is 9.88 Å². The zero-order valence-corrected chi connectivity index (χ0v) is 12.1. The largest absolute Gasteiger partial charge is 0.479 e. The summed E-state index contributed by atoms with van der Waals surface area (Å²) in [6.07, 6.45) is 3.79. The minimum Gasteiger partial charge on any atom is -0.479 e. The standard InChI is InChI=1S/C14H17ClN2O3/c1-2-5-14(13(19)20)6-3-8-17(14)12(18)11-9-10(15)4-7-16-11/h4,7,9H,2-3,5-6,8H2,1H3,(H,19,20). The van der Waals surface area contributed by atoms with Crippen LogP contribution in [0.2, 0.25) is 5.02 Å². The van der Waals surface area contributed by atoms with Crippen LogP contribution < -0.4 is 0 Å². The highest BCUT2D eigenvalue weighted by Gasteiger charge is 2.49. The molecule has 1 unspecified atom stereocenters. The topological polar surface area (TPSA) is 70.5 Å². The Morgan fingerprint density at radius 2 is 2.30 bits per heavy atom. The number of hydrogen-bond acceptors (Lipinski definition) is 3. The van der Waals surface area contributed by atoms with Crippen LogP contribution in [0.3, 0.4) is 0 Å².